The zero-order valence-electron chi connectivity index (χ0n) is 14.2. The number of anilines is 1. The van der Waals surface area contributed by atoms with Crippen LogP contribution in [0.25, 0.3) is 0 Å². The van der Waals surface area contributed by atoms with Gasteiger partial charge in [-0.25, -0.2) is 4.79 Å². The van der Waals surface area contributed by atoms with Crippen molar-refractivity contribution in [2.45, 2.75) is 45.1 Å². The van der Waals surface area contributed by atoms with Gasteiger partial charge in [-0.3, -0.25) is 14.9 Å². The minimum absolute atomic E-state index is 0.112. The third-order valence-electron chi connectivity index (χ3n) is 3.37. The van der Waals surface area contributed by atoms with Gasteiger partial charge in [-0.2, -0.15) is 0 Å². The van der Waals surface area contributed by atoms with Crippen LogP contribution >= 0.6 is 0 Å². The van der Waals surface area contributed by atoms with Crippen LogP contribution in [0.15, 0.2) is 18.2 Å². The third kappa shape index (κ3) is 4.71. The summed E-state index contributed by atoms with van der Waals surface area (Å²) in [6.07, 6.45) is -0.351. The largest absolute Gasteiger partial charge is 0.496 e. The van der Waals surface area contributed by atoms with E-state index in [9.17, 15) is 14.4 Å². The van der Waals surface area contributed by atoms with Crippen molar-refractivity contribution < 1.29 is 28.6 Å². The van der Waals surface area contributed by atoms with E-state index >= 15 is 0 Å². The maximum atomic E-state index is 11.8. The highest BCUT2D eigenvalue weighted by Crippen LogP contribution is 2.36. The van der Waals surface area contributed by atoms with E-state index in [2.05, 4.69) is 10.1 Å². The molecule has 7 nitrogen and oxygen atoms in total. The van der Waals surface area contributed by atoms with E-state index in [1.165, 1.54) is 7.11 Å². The minimum Gasteiger partial charge on any atom is -0.496 e. The smallest absolute Gasteiger partial charge is 0.412 e. The molecule has 0 radical (unpaired) electrons. The minimum atomic E-state index is -0.600. The van der Waals surface area contributed by atoms with Gasteiger partial charge in [0.05, 0.1) is 20.0 Å². The lowest BCUT2D eigenvalue weighted by molar-refractivity contribution is -0.163. The predicted octanol–water partition coefficient (Wildman–Crippen LogP) is 2.99. The van der Waals surface area contributed by atoms with Crippen molar-refractivity contribution in [2.75, 3.05) is 12.4 Å². The average molecular weight is 335 g/mol. The molecule has 1 aliphatic rings. The van der Waals surface area contributed by atoms with Crippen LogP contribution in [-0.2, 0) is 19.1 Å². The van der Waals surface area contributed by atoms with Gasteiger partial charge in [-0.15, -0.1) is 0 Å². The Bertz CT molecular complexity index is 646. The van der Waals surface area contributed by atoms with Crippen LogP contribution in [0.3, 0.4) is 0 Å². The quantitative estimate of drug-likeness (QED) is 0.674. The molecule has 0 bridgehead atoms. The maximum absolute atomic E-state index is 11.8. The molecule has 0 unspecified atom stereocenters. The fraction of sp³-hybridized carbons (Fsp3) is 0.471. The van der Waals surface area contributed by atoms with E-state index in [0.29, 0.717) is 11.4 Å². The molecule has 1 fully saturated rings. The summed E-state index contributed by atoms with van der Waals surface area (Å²) in [7, 11) is 1.49. The number of carbonyl (C=O) groups excluding carboxylic acids is 3. The molecule has 1 aromatic rings. The molecule has 7 heteroatoms. The second-order valence-corrected chi connectivity index (χ2v) is 6.53. The molecule has 0 saturated carbocycles. The van der Waals surface area contributed by atoms with Gasteiger partial charge in [0.1, 0.15) is 11.4 Å². The summed E-state index contributed by atoms with van der Waals surface area (Å²) in [5, 5.41) is 2.62. The van der Waals surface area contributed by atoms with E-state index in [1.807, 2.05) is 0 Å². The van der Waals surface area contributed by atoms with Crippen LogP contribution in [0.1, 0.15) is 45.1 Å². The van der Waals surface area contributed by atoms with Crippen LogP contribution in [0.2, 0.25) is 0 Å². The standard InChI is InChI=1S/C17H21NO6/c1-17(2,3)24-16(21)18-11-5-6-12(13(9-11)22-4)10-7-14(19)23-15(20)8-10/h5-6,9-10H,7-8H2,1-4H3,(H,18,21). The molecule has 0 aromatic heterocycles. The number of amides is 1. The van der Waals surface area contributed by atoms with E-state index in [-0.39, 0.29) is 18.8 Å². The SMILES string of the molecule is COc1cc(NC(=O)OC(C)(C)C)ccc1C1CC(=O)OC(=O)C1. The van der Waals surface area contributed by atoms with Crippen molar-refractivity contribution in [1.29, 1.82) is 0 Å². The molecule has 1 heterocycles. The maximum Gasteiger partial charge on any atom is 0.412 e. The summed E-state index contributed by atoms with van der Waals surface area (Å²) in [5.41, 5.74) is 0.614. The molecule has 2 rings (SSSR count). The average Bonchev–Trinajstić information content (AvgIpc) is 2.43. The number of hydrogen-bond acceptors (Lipinski definition) is 6. The number of benzene rings is 1. The van der Waals surface area contributed by atoms with Crippen LogP contribution < -0.4 is 10.1 Å². The first kappa shape index (κ1) is 17.8. The Hall–Kier alpha value is -2.57. The lowest BCUT2D eigenvalue weighted by Gasteiger charge is -2.23. The van der Waals surface area contributed by atoms with Crippen molar-refractivity contribution in [3.63, 3.8) is 0 Å². The van der Waals surface area contributed by atoms with Gasteiger partial charge < -0.3 is 14.2 Å². The fourth-order valence-corrected chi connectivity index (χ4v) is 2.45. The second-order valence-electron chi connectivity index (χ2n) is 6.53. The molecule has 1 aliphatic heterocycles. The summed E-state index contributed by atoms with van der Waals surface area (Å²) >= 11 is 0. The van der Waals surface area contributed by atoms with Crippen LogP contribution in [0, 0.1) is 0 Å². The van der Waals surface area contributed by atoms with E-state index < -0.39 is 23.6 Å². The number of carbonyl (C=O) groups is 3. The first-order valence-electron chi connectivity index (χ1n) is 7.59. The normalized spacial score (nSPS) is 15.7. The number of cyclic esters (lactones) is 2. The monoisotopic (exact) mass is 335 g/mol. The Balaban J connectivity index is 2.17. The number of rotatable bonds is 3. The van der Waals surface area contributed by atoms with Crippen molar-refractivity contribution in [1.82, 2.24) is 0 Å². The van der Waals surface area contributed by atoms with Crippen LogP contribution in [-0.4, -0.2) is 30.7 Å². The van der Waals surface area contributed by atoms with E-state index in [4.69, 9.17) is 9.47 Å². The summed E-state index contributed by atoms with van der Waals surface area (Å²) in [6.45, 7) is 5.32. The Morgan fingerprint density at radius 1 is 1.21 bits per heavy atom. The number of hydrogen-bond donors (Lipinski definition) is 1. The molecule has 1 N–H and O–H groups in total. The third-order valence-corrected chi connectivity index (χ3v) is 3.37. The van der Waals surface area contributed by atoms with Crippen LogP contribution in [0.4, 0.5) is 10.5 Å². The highest BCUT2D eigenvalue weighted by Gasteiger charge is 2.30. The number of ether oxygens (including phenoxy) is 3. The summed E-state index contributed by atoms with van der Waals surface area (Å²) in [5.74, 6) is -0.913. The zero-order chi connectivity index (χ0) is 17.9. The van der Waals surface area contributed by atoms with Crippen molar-refractivity contribution in [2.24, 2.45) is 0 Å². The highest BCUT2D eigenvalue weighted by atomic mass is 16.6. The molecule has 24 heavy (non-hydrogen) atoms. The van der Waals surface area contributed by atoms with Crippen molar-refractivity contribution >= 4 is 23.7 Å². The zero-order valence-corrected chi connectivity index (χ0v) is 14.2. The van der Waals surface area contributed by atoms with E-state index in [1.54, 1.807) is 39.0 Å². The highest BCUT2D eigenvalue weighted by molar-refractivity contribution is 5.90. The molecular formula is C17H21NO6. The van der Waals surface area contributed by atoms with Crippen molar-refractivity contribution in [3.8, 4) is 5.75 Å². The molecule has 130 valence electrons. The fourth-order valence-electron chi connectivity index (χ4n) is 2.45. The Labute approximate surface area is 140 Å². The summed E-state index contributed by atoms with van der Waals surface area (Å²) in [4.78, 5) is 34.7. The topological polar surface area (TPSA) is 90.9 Å². The van der Waals surface area contributed by atoms with Gasteiger partial charge >= 0.3 is 18.0 Å². The number of methoxy groups -OCH3 is 1. The van der Waals surface area contributed by atoms with Gasteiger partial charge in [0.15, 0.2) is 0 Å². The predicted molar refractivity (Wildman–Crippen MR) is 85.9 cm³/mol. The van der Waals surface area contributed by atoms with Crippen molar-refractivity contribution in [3.05, 3.63) is 23.8 Å². The molecule has 1 amide bonds. The molecule has 0 atom stereocenters. The molecule has 0 aliphatic carbocycles. The number of nitrogens with one attached hydrogen (secondary N) is 1. The van der Waals surface area contributed by atoms with Gasteiger partial charge in [-0.05, 0) is 32.4 Å². The lowest BCUT2D eigenvalue weighted by Crippen LogP contribution is -2.27. The van der Waals surface area contributed by atoms with Crippen LogP contribution in [0.5, 0.6) is 5.75 Å². The van der Waals surface area contributed by atoms with E-state index in [0.717, 1.165) is 5.56 Å². The molecule has 1 aromatic carbocycles. The van der Waals surface area contributed by atoms with Gasteiger partial charge in [0, 0.05) is 17.7 Å². The van der Waals surface area contributed by atoms with Gasteiger partial charge in [-0.1, -0.05) is 6.07 Å². The summed E-state index contributed by atoms with van der Waals surface area (Å²) < 4.78 is 15.1. The Kier molecular flexibility index (Phi) is 5.11. The summed E-state index contributed by atoms with van der Waals surface area (Å²) in [6, 6.07) is 5.03. The second kappa shape index (κ2) is 6.90. The lowest BCUT2D eigenvalue weighted by atomic mass is 9.90. The van der Waals surface area contributed by atoms with Gasteiger partial charge in [0.2, 0.25) is 0 Å². The molecule has 0 spiro atoms. The first-order valence-corrected chi connectivity index (χ1v) is 7.59. The van der Waals surface area contributed by atoms with Gasteiger partial charge in [0.25, 0.3) is 0 Å². The molecule has 1 saturated heterocycles. The Morgan fingerprint density at radius 3 is 2.38 bits per heavy atom. The Morgan fingerprint density at radius 2 is 1.83 bits per heavy atom. The first-order chi connectivity index (χ1) is 11.2. The number of esters is 2. The molecular weight excluding hydrogens is 314 g/mol.